The smallest absolute Gasteiger partial charge is 0.233 e. The number of aromatic nitrogens is 2. The van der Waals surface area contributed by atoms with Crippen LogP contribution in [0.25, 0.3) is 0 Å². The van der Waals surface area contributed by atoms with Gasteiger partial charge in [0.2, 0.25) is 11.8 Å². The van der Waals surface area contributed by atoms with Crippen molar-refractivity contribution in [3.63, 3.8) is 0 Å². The highest BCUT2D eigenvalue weighted by Crippen LogP contribution is 2.19. The summed E-state index contributed by atoms with van der Waals surface area (Å²) < 4.78 is 30.2. The third-order valence-corrected chi connectivity index (χ3v) is 7.03. The van der Waals surface area contributed by atoms with Gasteiger partial charge in [-0.05, 0) is 37.6 Å². The molecule has 150 valence electrons. The van der Waals surface area contributed by atoms with Gasteiger partial charge < -0.3 is 9.64 Å². The average Bonchev–Trinajstić information content (AvgIpc) is 2.69. The molecule has 1 aliphatic heterocycles. The van der Waals surface area contributed by atoms with Crippen molar-refractivity contribution in [3.05, 3.63) is 48.2 Å². The maximum Gasteiger partial charge on any atom is 0.233 e. The number of sulfone groups is 1. The second-order valence-corrected chi connectivity index (χ2v) is 9.68. The van der Waals surface area contributed by atoms with Crippen LogP contribution in [0.3, 0.4) is 0 Å². The predicted molar refractivity (Wildman–Crippen MR) is 105 cm³/mol. The lowest BCUT2D eigenvalue weighted by atomic mass is 10.1. The molecule has 0 spiro atoms. The Morgan fingerprint density at radius 3 is 2.43 bits per heavy atom. The molecule has 1 amide bonds. The van der Waals surface area contributed by atoms with Crippen molar-refractivity contribution in [2.24, 2.45) is 0 Å². The molecule has 0 N–H and O–H groups in total. The number of benzene rings is 1. The molecule has 1 saturated heterocycles. The number of amides is 1. The standard InChI is InChI=1S/C20H25N3O4S/c1-15(2)28(25,26)18-7-5-16(6-8-18)14-20(24)23-12-9-17(10-13-23)27-19-4-3-11-21-22-19/h3-8,11,15,17H,9-10,12-14H2,1-2H3. The zero-order valence-corrected chi connectivity index (χ0v) is 16.9. The van der Waals surface area contributed by atoms with E-state index in [-0.39, 0.29) is 18.4 Å². The molecule has 28 heavy (non-hydrogen) atoms. The number of ether oxygens (including phenoxy) is 1. The predicted octanol–water partition coefficient (Wildman–Crippen LogP) is 2.27. The minimum absolute atomic E-state index is 0.0290. The lowest BCUT2D eigenvalue weighted by Crippen LogP contribution is -2.42. The summed E-state index contributed by atoms with van der Waals surface area (Å²) in [6.07, 6.45) is 3.37. The van der Waals surface area contributed by atoms with Crippen LogP contribution >= 0.6 is 0 Å². The fourth-order valence-corrected chi connectivity index (χ4v) is 4.16. The Bertz CT molecular complexity index is 891. The molecule has 2 heterocycles. The number of carbonyl (C=O) groups is 1. The van der Waals surface area contributed by atoms with E-state index in [1.54, 1.807) is 56.4 Å². The number of hydrogen-bond donors (Lipinski definition) is 0. The summed E-state index contributed by atoms with van der Waals surface area (Å²) in [6.45, 7) is 4.57. The second kappa shape index (κ2) is 8.68. The molecular weight excluding hydrogens is 378 g/mol. The van der Waals surface area contributed by atoms with Crippen molar-refractivity contribution >= 4 is 15.7 Å². The van der Waals surface area contributed by atoms with Crippen molar-refractivity contribution in [2.75, 3.05) is 13.1 Å². The third kappa shape index (κ3) is 4.86. The lowest BCUT2D eigenvalue weighted by molar-refractivity contribution is -0.132. The SMILES string of the molecule is CC(C)S(=O)(=O)c1ccc(CC(=O)N2CCC(Oc3cccnn3)CC2)cc1. The van der Waals surface area contributed by atoms with E-state index in [2.05, 4.69) is 10.2 Å². The normalized spacial score (nSPS) is 15.6. The largest absolute Gasteiger partial charge is 0.473 e. The van der Waals surface area contributed by atoms with Crippen molar-refractivity contribution in [1.29, 1.82) is 0 Å². The van der Waals surface area contributed by atoms with Gasteiger partial charge in [-0.3, -0.25) is 4.79 Å². The van der Waals surface area contributed by atoms with Crippen LogP contribution in [0.1, 0.15) is 32.3 Å². The quantitative estimate of drug-likeness (QED) is 0.735. The highest BCUT2D eigenvalue weighted by molar-refractivity contribution is 7.92. The van der Waals surface area contributed by atoms with E-state index in [4.69, 9.17) is 4.74 Å². The van der Waals surface area contributed by atoms with Crippen LogP contribution in [0.5, 0.6) is 5.88 Å². The first-order chi connectivity index (χ1) is 13.4. The Kier molecular flexibility index (Phi) is 6.28. The van der Waals surface area contributed by atoms with E-state index in [0.29, 0.717) is 23.9 Å². The molecule has 2 aromatic rings. The number of nitrogens with zero attached hydrogens (tertiary/aromatic N) is 3. The molecular formula is C20H25N3O4S. The van der Waals surface area contributed by atoms with Crippen LogP contribution in [0, 0.1) is 0 Å². The Balaban J connectivity index is 1.52. The van der Waals surface area contributed by atoms with Crippen molar-refractivity contribution in [1.82, 2.24) is 15.1 Å². The second-order valence-electron chi connectivity index (χ2n) is 7.17. The topological polar surface area (TPSA) is 89.5 Å². The molecule has 1 aromatic carbocycles. The van der Waals surface area contributed by atoms with E-state index >= 15 is 0 Å². The molecule has 0 bridgehead atoms. The van der Waals surface area contributed by atoms with E-state index < -0.39 is 15.1 Å². The van der Waals surface area contributed by atoms with Crippen molar-refractivity contribution < 1.29 is 17.9 Å². The zero-order chi connectivity index (χ0) is 20.1. The van der Waals surface area contributed by atoms with E-state index in [9.17, 15) is 13.2 Å². The maximum absolute atomic E-state index is 12.6. The molecule has 0 aliphatic carbocycles. The van der Waals surface area contributed by atoms with E-state index in [1.165, 1.54) is 0 Å². The van der Waals surface area contributed by atoms with Gasteiger partial charge in [-0.1, -0.05) is 12.1 Å². The minimum Gasteiger partial charge on any atom is -0.473 e. The van der Waals surface area contributed by atoms with Crippen LogP contribution in [-0.2, 0) is 21.1 Å². The summed E-state index contributed by atoms with van der Waals surface area (Å²) in [5.74, 6) is 0.543. The molecule has 0 atom stereocenters. The summed E-state index contributed by atoms with van der Waals surface area (Å²) in [7, 11) is -3.29. The number of hydrogen-bond acceptors (Lipinski definition) is 6. The number of likely N-dealkylation sites (tertiary alicyclic amines) is 1. The highest BCUT2D eigenvalue weighted by Gasteiger charge is 2.24. The number of carbonyl (C=O) groups excluding carboxylic acids is 1. The van der Waals surface area contributed by atoms with Crippen molar-refractivity contribution in [3.8, 4) is 5.88 Å². The monoisotopic (exact) mass is 403 g/mol. The fraction of sp³-hybridized carbons (Fsp3) is 0.450. The molecule has 1 aromatic heterocycles. The molecule has 3 rings (SSSR count). The average molecular weight is 404 g/mol. The molecule has 0 unspecified atom stereocenters. The Hall–Kier alpha value is -2.48. The summed E-state index contributed by atoms with van der Waals surface area (Å²) in [5.41, 5.74) is 0.811. The third-order valence-electron chi connectivity index (χ3n) is 4.86. The summed E-state index contributed by atoms with van der Waals surface area (Å²) in [4.78, 5) is 14.7. The van der Waals surface area contributed by atoms with Crippen LogP contribution in [0.2, 0.25) is 0 Å². The van der Waals surface area contributed by atoms with Crippen LogP contribution in [0.4, 0.5) is 0 Å². The minimum atomic E-state index is -3.29. The van der Waals surface area contributed by atoms with Crippen LogP contribution in [-0.4, -0.2) is 53.9 Å². The Labute approximate surface area is 165 Å². The first kappa shape index (κ1) is 20.3. The molecule has 1 aliphatic rings. The molecule has 0 radical (unpaired) electrons. The number of piperidine rings is 1. The molecule has 1 fully saturated rings. The van der Waals surface area contributed by atoms with Gasteiger partial charge in [0.1, 0.15) is 6.10 Å². The van der Waals surface area contributed by atoms with Crippen LogP contribution < -0.4 is 4.74 Å². The lowest BCUT2D eigenvalue weighted by Gasteiger charge is -2.32. The Morgan fingerprint density at radius 1 is 1.18 bits per heavy atom. The molecule has 7 nitrogen and oxygen atoms in total. The van der Waals surface area contributed by atoms with E-state index in [0.717, 1.165) is 18.4 Å². The first-order valence-electron chi connectivity index (χ1n) is 9.41. The van der Waals surface area contributed by atoms with Crippen LogP contribution in [0.15, 0.2) is 47.5 Å². The summed E-state index contributed by atoms with van der Waals surface area (Å²) in [5, 5.41) is 7.25. The maximum atomic E-state index is 12.6. The van der Waals surface area contributed by atoms with Crippen molar-refractivity contribution in [2.45, 2.75) is 49.4 Å². The van der Waals surface area contributed by atoms with Gasteiger partial charge in [0.05, 0.1) is 16.6 Å². The van der Waals surface area contributed by atoms with Gasteiger partial charge in [-0.2, -0.15) is 5.10 Å². The first-order valence-corrected chi connectivity index (χ1v) is 11.0. The van der Waals surface area contributed by atoms with Gasteiger partial charge in [0.25, 0.3) is 0 Å². The number of rotatable bonds is 6. The summed E-state index contributed by atoms with van der Waals surface area (Å²) >= 11 is 0. The molecule has 8 heteroatoms. The highest BCUT2D eigenvalue weighted by atomic mass is 32.2. The van der Waals surface area contributed by atoms with Gasteiger partial charge in [0.15, 0.2) is 9.84 Å². The fourth-order valence-electron chi connectivity index (χ4n) is 3.10. The van der Waals surface area contributed by atoms with E-state index in [1.807, 2.05) is 4.90 Å². The van der Waals surface area contributed by atoms with Gasteiger partial charge in [-0.15, -0.1) is 5.10 Å². The van der Waals surface area contributed by atoms with Gasteiger partial charge in [-0.25, -0.2) is 8.42 Å². The summed E-state index contributed by atoms with van der Waals surface area (Å²) in [6, 6.07) is 10.2. The van der Waals surface area contributed by atoms with Gasteiger partial charge in [0, 0.05) is 38.2 Å². The van der Waals surface area contributed by atoms with Gasteiger partial charge >= 0.3 is 0 Å². The zero-order valence-electron chi connectivity index (χ0n) is 16.1. The Morgan fingerprint density at radius 2 is 1.86 bits per heavy atom. The molecule has 0 saturated carbocycles.